The Morgan fingerprint density at radius 2 is 2.04 bits per heavy atom. The molecule has 2 atom stereocenters. The molecule has 0 radical (unpaired) electrons. The predicted octanol–water partition coefficient (Wildman–Crippen LogP) is 1.15. The van der Waals surface area contributed by atoms with Gasteiger partial charge in [-0.15, -0.1) is 0 Å². The first-order chi connectivity index (χ1) is 10.8. The van der Waals surface area contributed by atoms with E-state index in [0.717, 1.165) is 31.0 Å². The van der Waals surface area contributed by atoms with Crippen LogP contribution in [0.5, 0.6) is 0 Å². The summed E-state index contributed by atoms with van der Waals surface area (Å²) < 4.78 is 53.9. The summed E-state index contributed by atoms with van der Waals surface area (Å²) in [4.78, 5) is 1.77. The van der Waals surface area contributed by atoms with Crippen LogP contribution in [-0.2, 0) is 10.0 Å². The monoisotopic (exact) mass is 346 g/mol. The minimum atomic E-state index is -3.35. The molecular weight excluding hydrogens is 326 g/mol. The Bertz CT molecular complexity index is 679. The van der Waals surface area contributed by atoms with E-state index >= 15 is 0 Å². The second-order valence-corrected chi connectivity index (χ2v) is 8.28. The largest absolute Gasteiger partial charge is 0.387 e. The van der Waals surface area contributed by atoms with Crippen LogP contribution < -0.4 is 4.72 Å². The highest BCUT2D eigenvalue weighted by Gasteiger charge is 2.37. The summed E-state index contributed by atoms with van der Waals surface area (Å²) in [6.07, 6.45) is 1.05. The third-order valence-electron chi connectivity index (χ3n) is 4.32. The van der Waals surface area contributed by atoms with Crippen molar-refractivity contribution in [3.8, 4) is 0 Å². The molecule has 1 aliphatic heterocycles. The second-order valence-electron chi connectivity index (χ2n) is 6.29. The van der Waals surface area contributed by atoms with Crippen molar-refractivity contribution in [3.63, 3.8) is 0 Å². The van der Waals surface area contributed by atoms with E-state index in [9.17, 15) is 22.3 Å². The maximum atomic E-state index is 13.7. The first kappa shape index (κ1) is 16.8. The van der Waals surface area contributed by atoms with Gasteiger partial charge >= 0.3 is 0 Å². The van der Waals surface area contributed by atoms with Gasteiger partial charge in [0, 0.05) is 24.7 Å². The molecule has 0 spiro atoms. The lowest BCUT2D eigenvalue weighted by Gasteiger charge is -2.21. The summed E-state index contributed by atoms with van der Waals surface area (Å²) in [6.45, 7) is 0.871. The fourth-order valence-corrected chi connectivity index (χ4v) is 4.57. The quantitative estimate of drug-likeness (QED) is 0.811. The van der Waals surface area contributed by atoms with Gasteiger partial charge in [-0.05, 0) is 44.0 Å². The van der Waals surface area contributed by atoms with Crippen molar-refractivity contribution < 1.29 is 22.3 Å². The molecule has 128 valence electrons. The molecule has 0 amide bonds. The van der Waals surface area contributed by atoms with Crippen LogP contribution in [0.2, 0.25) is 0 Å². The molecule has 2 fully saturated rings. The first-order valence-electron chi connectivity index (χ1n) is 7.71. The van der Waals surface area contributed by atoms with Crippen LogP contribution in [0.15, 0.2) is 18.2 Å². The number of sulfonamides is 1. The molecule has 0 bridgehead atoms. The van der Waals surface area contributed by atoms with Crippen molar-refractivity contribution in [2.75, 3.05) is 19.6 Å². The fraction of sp³-hybridized carbons (Fsp3) is 0.600. The summed E-state index contributed by atoms with van der Waals surface area (Å²) in [5.41, 5.74) is -0.104. The number of β-amino-alcohol motifs (C(OH)–C–C–N with tert-alkyl or cyclic N) is 1. The van der Waals surface area contributed by atoms with E-state index in [0.29, 0.717) is 13.0 Å². The number of hydrogen-bond acceptors (Lipinski definition) is 4. The van der Waals surface area contributed by atoms with Crippen molar-refractivity contribution >= 4 is 10.0 Å². The average molecular weight is 346 g/mol. The number of benzene rings is 1. The Labute approximate surface area is 134 Å². The van der Waals surface area contributed by atoms with Gasteiger partial charge in [0.15, 0.2) is 0 Å². The van der Waals surface area contributed by atoms with Gasteiger partial charge in [-0.25, -0.2) is 21.9 Å². The summed E-state index contributed by atoms with van der Waals surface area (Å²) in [5, 5.41) is 9.60. The number of halogens is 2. The van der Waals surface area contributed by atoms with Gasteiger partial charge in [0.2, 0.25) is 10.0 Å². The Hall–Kier alpha value is -1.09. The van der Waals surface area contributed by atoms with E-state index in [1.54, 1.807) is 4.90 Å². The molecule has 8 heteroatoms. The highest BCUT2D eigenvalue weighted by atomic mass is 32.2. The number of rotatable bonds is 6. The van der Waals surface area contributed by atoms with Crippen LogP contribution in [0.25, 0.3) is 0 Å². The fourth-order valence-electron chi connectivity index (χ4n) is 2.86. The van der Waals surface area contributed by atoms with Crippen LogP contribution in [0, 0.1) is 11.6 Å². The normalized spacial score (nSPS) is 24.0. The number of nitrogens with one attached hydrogen (secondary N) is 1. The van der Waals surface area contributed by atoms with Crippen LogP contribution in [0.1, 0.15) is 30.9 Å². The molecule has 0 unspecified atom stereocenters. The van der Waals surface area contributed by atoms with Crippen molar-refractivity contribution in [1.82, 2.24) is 9.62 Å². The molecule has 2 N–H and O–H groups in total. The van der Waals surface area contributed by atoms with Crippen molar-refractivity contribution in [2.24, 2.45) is 0 Å². The average Bonchev–Trinajstić information content (AvgIpc) is 3.15. The minimum absolute atomic E-state index is 0.0704. The van der Waals surface area contributed by atoms with E-state index in [1.165, 1.54) is 0 Å². The van der Waals surface area contributed by atoms with Gasteiger partial charge in [-0.3, -0.25) is 4.90 Å². The van der Waals surface area contributed by atoms with Crippen LogP contribution >= 0.6 is 0 Å². The summed E-state index contributed by atoms with van der Waals surface area (Å²) in [5.74, 6) is -1.28. The summed E-state index contributed by atoms with van der Waals surface area (Å²) in [6, 6.07) is 3.01. The smallest absolute Gasteiger partial charge is 0.216 e. The van der Waals surface area contributed by atoms with Crippen LogP contribution in [0.3, 0.4) is 0 Å². The van der Waals surface area contributed by atoms with Gasteiger partial charge in [-0.1, -0.05) is 0 Å². The van der Waals surface area contributed by atoms with Gasteiger partial charge in [-0.2, -0.15) is 0 Å². The molecule has 3 rings (SSSR count). The number of aliphatic hydroxyl groups is 1. The highest BCUT2D eigenvalue weighted by molar-refractivity contribution is 7.90. The lowest BCUT2D eigenvalue weighted by Crippen LogP contribution is -2.38. The number of aliphatic hydroxyl groups excluding tert-OH is 1. The molecule has 1 aromatic rings. The Balaban J connectivity index is 1.60. The molecule has 1 aliphatic carbocycles. The molecule has 2 aliphatic rings. The molecule has 1 aromatic carbocycles. The van der Waals surface area contributed by atoms with E-state index in [-0.39, 0.29) is 24.7 Å². The second kappa shape index (κ2) is 6.43. The Morgan fingerprint density at radius 3 is 2.74 bits per heavy atom. The molecule has 1 saturated carbocycles. The number of likely N-dealkylation sites (tertiary alicyclic amines) is 1. The standard InChI is InChI=1S/C15H20F2N2O3S/c16-10-1-4-14(17)13(7-10)15(20)9-19-6-5-12(8-19)23(21,22)18-11-2-3-11/h1,4,7,11-12,15,18,20H,2-3,5-6,8-9H2/t12-,15+/m0/s1. The molecule has 1 heterocycles. The zero-order valence-corrected chi connectivity index (χ0v) is 13.4. The first-order valence-corrected chi connectivity index (χ1v) is 9.26. The van der Waals surface area contributed by atoms with Gasteiger partial charge in [0.25, 0.3) is 0 Å². The maximum absolute atomic E-state index is 13.7. The van der Waals surface area contributed by atoms with E-state index in [1.807, 2.05) is 0 Å². The predicted molar refractivity (Wildman–Crippen MR) is 81.2 cm³/mol. The Kier molecular flexibility index (Phi) is 4.68. The van der Waals surface area contributed by atoms with Crippen molar-refractivity contribution in [1.29, 1.82) is 0 Å². The molecular formula is C15H20F2N2O3S. The van der Waals surface area contributed by atoms with Crippen LogP contribution in [0.4, 0.5) is 8.78 Å². The van der Waals surface area contributed by atoms with Crippen molar-refractivity contribution in [3.05, 3.63) is 35.4 Å². The lowest BCUT2D eigenvalue weighted by atomic mass is 10.1. The van der Waals surface area contributed by atoms with Gasteiger partial charge < -0.3 is 5.11 Å². The lowest BCUT2D eigenvalue weighted by molar-refractivity contribution is 0.122. The third-order valence-corrected chi connectivity index (χ3v) is 6.25. The third kappa shape index (κ3) is 4.06. The molecule has 0 aromatic heterocycles. The number of hydrogen-bond donors (Lipinski definition) is 2. The van der Waals surface area contributed by atoms with Crippen LogP contribution in [-0.4, -0.2) is 49.4 Å². The molecule has 5 nitrogen and oxygen atoms in total. The minimum Gasteiger partial charge on any atom is -0.387 e. The summed E-state index contributed by atoms with van der Waals surface area (Å²) in [7, 11) is -3.35. The van der Waals surface area contributed by atoms with Gasteiger partial charge in [0.05, 0.1) is 11.4 Å². The van der Waals surface area contributed by atoms with Gasteiger partial charge in [0.1, 0.15) is 11.6 Å². The summed E-state index contributed by atoms with van der Waals surface area (Å²) >= 11 is 0. The zero-order valence-electron chi connectivity index (χ0n) is 12.6. The van der Waals surface area contributed by atoms with Crippen molar-refractivity contribution in [2.45, 2.75) is 36.7 Å². The topological polar surface area (TPSA) is 69.6 Å². The highest BCUT2D eigenvalue weighted by Crippen LogP contribution is 2.25. The van der Waals surface area contributed by atoms with E-state index in [4.69, 9.17) is 0 Å². The van der Waals surface area contributed by atoms with E-state index in [2.05, 4.69) is 4.72 Å². The van der Waals surface area contributed by atoms with E-state index < -0.39 is 33.0 Å². The Morgan fingerprint density at radius 1 is 1.30 bits per heavy atom. The maximum Gasteiger partial charge on any atom is 0.216 e. The molecule has 1 saturated heterocycles. The SMILES string of the molecule is O=S(=O)(NC1CC1)[C@H]1CCN(C[C@@H](O)c2cc(F)ccc2F)C1. The zero-order chi connectivity index (χ0) is 16.6. The molecule has 23 heavy (non-hydrogen) atoms. The number of nitrogens with zero attached hydrogens (tertiary/aromatic N) is 1.